The van der Waals surface area contributed by atoms with Crippen LogP contribution in [0.3, 0.4) is 0 Å². The van der Waals surface area contributed by atoms with Gasteiger partial charge in [-0.05, 0) is 20.8 Å². The molecule has 2 aromatic heterocycles. The van der Waals surface area contributed by atoms with Gasteiger partial charge in [0, 0.05) is 24.3 Å². The molecule has 0 spiro atoms. The van der Waals surface area contributed by atoms with Crippen LogP contribution in [0.4, 0.5) is 0 Å². The molecular weight excluding hydrogens is 253 g/mol. The highest BCUT2D eigenvalue weighted by molar-refractivity contribution is 6.40. The minimum absolute atomic E-state index is 0.110. The molecule has 6 heteroatoms. The van der Waals surface area contributed by atoms with Crippen LogP contribution in [0.15, 0.2) is 16.0 Å². The number of hydrogen-bond donors (Lipinski definition) is 1. The van der Waals surface area contributed by atoms with E-state index in [0.29, 0.717) is 28.8 Å². The first kappa shape index (κ1) is 13.0. The molecule has 5 nitrogen and oxygen atoms in total. The number of fused-ring (bicyclic) bond motifs is 1. The Morgan fingerprint density at radius 2 is 2.20 bits per heavy atom. The highest BCUT2D eigenvalue weighted by Gasteiger charge is 2.31. The summed E-state index contributed by atoms with van der Waals surface area (Å²) in [6, 6.07) is 0. The molecule has 20 heavy (non-hydrogen) atoms. The molecule has 0 fully saturated rings. The van der Waals surface area contributed by atoms with Crippen molar-refractivity contribution in [2.45, 2.75) is 26.4 Å². The van der Waals surface area contributed by atoms with Gasteiger partial charge in [0.1, 0.15) is 19.0 Å². The summed E-state index contributed by atoms with van der Waals surface area (Å²) in [5, 5.41) is 0.696. The lowest BCUT2D eigenvalue weighted by Crippen LogP contribution is -2.26. The van der Waals surface area contributed by atoms with Crippen molar-refractivity contribution < 1.29 is 4.74 Å². The number of H-pyrrole nitrogens is 1. The summed E-state index contributed by atoms with van der Waals surface area (Å²) in [7, 11) is 7.77. The summed E-state index contributed by atoms with van der Waals surface area (Å²) in [6.07, 6.45) is 1.63. The first-order valence-electron chi connectivity index (χ1n) is 6.51. The molecule has 0 saturated heterocycles. The zero-order chi connectivity index (χ0) is 14.7. The van der Waals surface area contributed by atoms with Gasteiger partial charge in [0.15, 0.2) is 0 Å². The Morgan fingerprint density at radius 3 is 2.80 bits per heavy atom. The Balaban J connectivity index is 2.30. The predicted octanol–water partition coefficient (Wildman–Crippen LogP) is 0.524. The van der Waals surface area contributed by atoms with Gasteiger partial charge in [0.05, 0.1) is 12.1 Å². The summed E-state index contributed by atoms with van der Waals surface area (Å²) in [4.78, 5) is 19.7. The summed E-state index contributed by atoms with van der Waals surface area (Å²) in [5.41, 5.74) is 2.24. The highest BCUT2D eigenvalue weighted by Crippen LogP contribution is 2.26. The molecule has 2 radical (unpaired) electrons. The molecule has 0 amide bonds. The molecule has 0 unspecified atom stereocenters. The molecular formula is C14H16BN3O2. The first-order chi connectivity index (χ1) is 9.30. The zero-order valence-electron chi connectivity index (χ0n) is 12.1. The van der Waals surface area contributed by atoms with Crippen LogP contribution in [0, 0.1) is 6.92 Å². The van der Waals surface area contributed by atoms with Crippen LogP contribution in [-0.4, -0.2) is 35.4 Å². The number of aromatic amines is 1. The average Bonchev–Trinajstić information content (AvgIpc) is 2.86. The largest absolute Gasteiger partial charge is 0.469 e. The molecule has 2 aromatic rings. The minimum Gasteiger partial charge on any atom is -0.469 e. The maximum absolute atomic E-state index is 12.2. The van der Waals surface area contributed by atoms with Crippen molar-refractivity contribution in [3.05, 3.63) is 27.8 Å². The van der Waals surface area contributed by atoms with E-state index in [1.165, 1.54) is 4.57 Å². The predicted molar refractivity (Wildman–Crippen MR) is 80.2 cm³/mol. The van der Waals surface area contributed by atoms with E-state index in [4.69, 9.17) is 12.6 Å². The van der Waals surface area contributed by atoms with Crippen LogP contribution >= 0.6 is 0 Å². The third kappa shape index (κ3) is 1.78. The molecule has 3 rings (SSSR count). The number of hydrogen-bond acceptors (Lipinski definition) is 3. The number of rotatable bonds is 1. The normalized spacial score (nSPS) is 17.3. The van der Waals surface area contributed by atoms with E-state index in [9.17, 15) is 4.79 Å². The van der Waals surface area contributed by atoms with E-state index in [1.54, 1.807) is 13.2 Å². The summed E-state index contributed by atoms with van der Waals surface area (Å²) < 4.78 is 7.34. The molecule has 3 heterocycles. The molecule has 0 atom stereocenters. The summed E-state index contributed by atoms with van der Waals surface area (Å²) in [5.74, 6) is 0.554. The molecule has 0 aromatic carbocycles. The fourth-order valence-electron chi connectivity index (χ4n) is 2.57. The summed E-state index contributed by atoms with van der Waals surface area (Å²) in [6.45, 7) is 6.46. The van der Waals surface area contributed by atoms with Gasteiger partial charge in [-0.1, -0.05) is 5.46 Å². The van der Waals surface area contributed by atoms with E-state index < -0.39 is 0 Å². The number of aliphatic imine (C=N–C) groups is 1. The van der Waals surface area contributed by atoms with E-state index in [1.807, 2.05) is 20.8 Å². The van der Waals surface area contributed by atoms with E-state index >= 15 is 0 Å². The number of aryl methyl sites for hydroxylation is 2. The van der Waals surface area contributed by atoms with Gasteiger partial charge in [-0.15, -0.1) is 0 Å². The van der Waals surface area contributed by atoms with Crippen LogP contribution in [0.5, 0.6) is 0 Å². The SMILES string of the molecule is [B]c1cn(C)c(=O)c2[nH]c(C)c(C3=NCC(C)(C)O3)c12. The standard InChI is InChI=1S/C14H16BN3O2/c1-7-9(12-16-6-14(2,3)20-12)10-8(15)5-18(4)13(19)11(10)17-7/h5,17H,6H2,1-4H3. The Hall–Kier alpha value is -1.98. The number of aromatic nitrogens is 2. The van der Waals surface area contributed by atoms with Gasteiger partial charge >= 0.3 is 0 Å². The second-order valence-corrected chi connectivity index (χ2v) is 5.86. The lowest BCUT2D eigenvalue weighted by molar-refractivity contribution is 0.131. The molecule has 0 aliphatic carbocycles. The summed E-state index contributed by atoms with van der Waals surface area (Å²) >= 11 is 0. The fourth-order valence-corrected chi connectivity index (χ4v) is 2.57. The number of nitrogens with zero attached hydrogens (tertiary/aromatic N) is 2. The van der Waals surface area contributed by atoms with E-state index in [-0.39, 0.29) is 11.2 Å². The quantitative estimate of drug-likeness (QED) is 0.767. The number of nitrogens with one attached hydrogen (secondary N) is 1. The van der Waals surface area contributed by atoms with Crippen molar-refractivity contribution in [3.8, 4) is 0 Å². The third-order valence-corrected chi connectivity index (χ3v) is 3.53. The second-order valence-electron chi connectivity index (χ2n) is 5.86. The fraction of sp³-hybridized carbons (Fsp3) is 0.429. The molecule has 1 N–H and O–H groups in total. The molecule has 1 aliphatic heterocycles. The lowest BCUT2D eigenvalue weighted by Gasteiger charge is -2.17. The van der Waals surface area contributed by atoms with Gasteiger partial charge < -0.3 is 14.3 Å². The Labute approximate surface area is 118 Å². The monoisotopic (exact) mass is 269 g/mol. The molecule has 0 bridgehead atoms. The van der Waals surface area contributed by atoms with Crippen molar-refractivity contribution in [2.75, 3.05) is 6.54 Å². The van der Waals surface area contributed by atoms with Crippen molar-refractivity contribution in [1.82, 2.24) is 9.55 Å². The zero-order valence-corrected chi connectivity index (χ0v) is 12.1. The molecule has 0 saturated carbocycles. The minimum atomic E-state index is -0.320. The van der Waals surface area contributed by atoms with Gasteiger partial charge in [-0.25, -0.2) is 4.99 Å². The molecule has 102 valence electrons. The van der Waals surface area contributed by atoms with Crippen LogP contribution in [-0.2, 0) is 11.8 Å². The lowest BCUT2D eigenvalue weighted by atomic mass is 9.92. The molecule has 1 aliphatic rings. The smallest absolute Gasteiger partial charge is 0.274 e. The second kappa shape index (κ2) is 4.01. The Morgan fingerprint density at radius 1 is 1.50 bits per heavy atom. The topological polar surface area (TPSA) is 59.4 Å². The van der Waals surface area contributed by atoms with Crippen molar-refractivity contribution in [2.24, 2.45) is 12.0 Å². The van der Waals surface area contributed by atoms with Crippen LogP contribution in [0.25, 0.3) is 10.9 Å². The Bertz CT molecular complexity index is 799. The van der Waals surface area contributed by atoms with Gasteiger partial charge in [-0.2, -0.15) is 0 Å². The van der Waals surface area contributed by atoms with Gasteiger partial charge in [0.2, 0.25) is 5.90 Å². The van der Waals surface area contributed by atoms with Gasteiger partial charge in [-0.3, -0.25) is 4.79 Å². The number of ether oxygens (including phenoxy) is 1. The van der Waals surface area contributed by atoms with Crippen molar-refractivity contribution in [3.63, 3.8) is 0 Å². The highest BCUT2D eigenvalue weighted by atomic mass is 16.5. The van der Waals surface area contributed by atoms with E-state index in [2.05, 4.69) is 9.98 Å². The Kier molecular flexibility index (Phi) is 2.61. The maximum atomic E-state index is 12.2. The van der Waals surface area contributed by atoms with Crippen molar-refractivity contribution in [1.29, 1.82) is 0 Å². The first-order valence-corrected chi connectivity index (χ1v) is 6.51. The van der Waals surface area contributed by atoms with E-state index in [0.717, 1.165) is 11.3 Å². The van der Waals surface area contributed by atoms with Crippen molar-refractivity contribution >= 4 is 30.1 Å². The van der Waals surface area contributed by atoms with Gasteiger partial charge in [0.25, 0.3) is 5.56 Å². The van der Waals surface area contributed by atoms with Crippen LogP contribution in [0.1, 0.15) is 25.1 Å². The van der Waals surface area contributed by atoms with Crippen LogP contribution in [0.2, 0.25) is 0 Å². The maximum Gasteiger partial charge on any atom is 0.274 e. The number of pyridine rings is 1. The third-order valence-electron chi connectivity index (χ3n) is 3.53. The average molecular weight is 269 g/mol. The van der Waals surface area contributed by atoms with Crippen LogP contribution < -0.4 is 11.0 Å².